The highest BCUT2D eigenvalue weighted by Crippen LogP contribution is 2.33. The maximum atomic E-state index is 5.99. The molecule has 0 saturated heterocycles. The van der Waals surface area contributed by atoms with Crippen LogP contribution < -0.4 is 5.32 Å². The van der Waals surface area contributed by atoms with E-state index in [2.05, 4.69) is 46.7 Å². The first-order valence-corrected chi connectivity index (χ1v) is 7.29. The number of benzene rings is 2. The molecule has 1 aliphatic rings. The average Bonchev–Trinajstić information content (AvgIpc) is 2.87. The van der Waals surface area contributed by atoms with Crippen LogP contribution in [0.1, 0.15) is 22.9 Å². The summed E-state index contributed by atoms with van der Waals surface area (Å²) in [4.78, 5) is 3.58. The fourth-order valence-corrected chi connectivity index (χ4v) is 3.25. The first-order chi connectivity index (χ1) is 9.83. The minimum Gasteiger partial charge on any atom is -0.357 e. The van der Waals surface area contributed by atoms with Gasteiger partial charge in [-0.3, -0.25) is 0 Å². The van der Waals surface area contributed by atoms with E-state index in [0.29, 0.717) is 0 Å². The molecule has 20 heavy (non-hydrogen) atoms. The Balaban J connectivity index is 1.87. The van der Waals surface area contributed by atoms with Crippen LogP contribution in [0, 0.1) is 0 Å². The first-order valence-electron chi connectivity index (χ1n) is 6.91. The molecule has 1 atom stereocenters. The third-order valence-electron chi connectivity index (χ3n) is 4.06. The summed E-state index contributed by atoms with van der Waals surface area (Å²) in [5.41, 5.74) is 5.21. The Morgan fingerprint density at radius 2 is 1.80 bits per heavy atom. The van der Waals surface area contributed by atoms with E-state index in [4.69, 9.17) is 11.6 Å². The molecule has 2 heterocycles. The molecule has 0 unspecified atom stereocenters. The summed E-state index contributed by atoms with van der Waals surface area (Å²) in [6, 6.07) is 16.9. The number of aromatic amines is 1. The smallest absolute Gasteiger partial charge is 0.0732 e. The number of fused-ring (bicyclic) bond motifs is 3. The van der Waals surface area contributed by atoms with Crippen molar-refractivity contribution in [1.82, 2.24) is 10.3 Å². The molecule has 3 heteroatoms. The van der Waals surface area contributed by atoms with Crippen molar-refractivity contribution in [2.24, 2.45) is 0 Å². The zero-order chi connectivity index (χ0) is 13.5. The van der Waals surface area contributed by atoms with Crippen LogP contribution in [0.15, 0.2) is 48.5 Å². The van der Waals surface area contributed by atoms with E-state index in [1.807, 2.05) is 12.1 Å². The highest BCUT2D eigenvalue weighted by molar-refractivity contribution is 6.30. The van der Waals surface area contributed by atoms with Crippen LogP contribution >= 0.6 is 11.6 Å². The molecule has 0 amide bonds. The zero-order valence-corrected chi connectivity index (χ0v) is 11.7. The van der Waals surface area contributed by atoms with Crippen molar-refractivity contribution in [3.05, 3.63) is 70.4 Å². The number of rotatable bonds is 1. The van der Waals surface area contributed by atoms with Crippen LogP contribution in [0.5, 0.6) is 0 Å². The highest BCUT2D eigenvalue weighted by atomic mass is 35.5. The van der Waals surface area contributed by atoms with Gasteiger partial charge in [0, 0.05) is 28.2 Å². The summed E-state index contributed by atoms with van der Waals surface area (Å²) in [5, 5.41) is 5.73. The summed E-state index contributed by atoms with van der Waals surface area (Å²) in [7, 11) is 0. The number of hydrogen-bond donors (Lipinski definition) is 2. The molecule has 2 N–H and O–H groups in total. The Labute approximate surface area is 122 Å². The molecule has 3 aromatic rings. The van der Waals surface area contributed by atoms with E-state index in [1.54, 1.807) is 0 Å². The maximum absolute atomic E-state index is 5.99. The van der Waals surface area contributed by atoms with E-state index in [-0.39, 0.29) is 6.04 Å². The SMILES string of the molecule is Clc1ccc([C@H]2NCCc3c2[nH]c2ccccc32)cc1. The van der Waals surface area contributed by atoms with Crippen molar-refractivity contribution in [2.75, 3.05) is 6.54 Å². The molecule has 2 aromatic carbocycles. The largest absolute Gasteiger partial charge is 0.357 e. The van der Waals surface area contributed by atoms with Crippen molar-refractivity contribution in [1.29, 1.82) is 0 Å². The van der Waals surface area contributed by atoms with E-state index in [1.165, 1.54) is 27.7 Å². The number of nitrogens with one attached hydrogen (secondary N) is 2. The number of halogens is 1. The lowest BCUT2D eigenvalue weighted by molar-refractivity contribution is 0.560. The van der Waals surface area contributed by atoms with Gasteiger partial charge in [-0.05, 0) is 35.7 Å². The summed E-state index contributed by atoms with van der Waals surface area (Å²) in [6.07, 6.45) is 1.07. The van der Waals surface area contributed by atoms with E-state index < -0.39 is 0 Å². The van der Waals surface area contributed by atoms with Gasteiger partial charge in [0.15, 0.2) is 0 Å². The van der Waals surface area contributed by atoms with Gasteiger partial charge in [-0.15, -0.1) is 0 Å². The Bertz CT molecular complexity index is 758. The lowest BCUT2D eigenvalue weighted by Crippen LogP contribution is -2.30. The second kappa shape index (κ2) is 4.65. The zero-order valence-electron chi connectivity index (χ0n) is 11.0. The van der Waals surface area contributed by atoms with Crippen LogP contribution in [-0.4, -0.2) is 11.5 Å². The highest BCUT2D eigenvalue weighted by Gasteiger charge is 2.24. The van der Waals surface area contributed by atoms with E-state index >= 15 is 0 Å². The van der Waals surface area contributed by atoms with E-state index in [9.17, 15) is 0 Å². The van der Waals surface area contributed by atoms with Gasteiger partial charge in [0.25, 0.3) is 0 Å². The quantitative estimate of drug-likeness (QED) is 0.692. The number of para-hydroxylation sites is 1. The van der Waals surface area contributed by atoms with Crippen molar-refractivity contribution in [3.63, 3.8) is 0 Å². The maximum Gasteiger partial charge on any atom is 0.0732 e. The third kappa shape index (κ3) is 1.84. The minimum absolute atomic E-state index is 0.225. The van der Waals surface area contributed by atoms with Gasteiger partial charge in [0.1, 0.15) is 0 Å². The lowest BCUT2D eigenvalue weighted by atomic mass is 9.94. The van der Waals surface area contributed by atoms with Gasteiger partial charge in [-0.25, -0.2) is 0 Å². The second-order valence-corrected chi connectivity index (χ2v) is 5.69. The molecule has 0 saturated carbocycles. The topological polar surface area (TPSA) is 27.8 Å². The molecule has 0 aliphatic carbocycles. The van der Waals surface area contributed by atoms with Crippen LogP contribution in [-0.2, 0) is 6.42 Å². The monoisotopic (exact) mass is 282 g/mol. The van der Waals surface area contributed by atoms with Crippen molar-refractivity contribution < 1.29 is 0 Å². The van der Waals surface area contributed by atoms with Crippen molar-refractivity contribution >= 4 is 22.5 Å². The Morgan fingerprint density at radius 3 is 2.65 bits per heavy atom. The summed E-state index contributed by atoms with van der Waals surface area (Å²) in [5.74, 6) is 0. The Hall–Kier alpha value is -1.77. The molecule has 0 spiro atoms. The van der Waals surface area contributed by atoms with Gasteiger partial charge in [0.2, 0.25) is 0 Å². The van der Waals surface area contributed by atoms with E-state index in [0.717, 1.165) is 18.0 Å². The molecular formula is C17H15ClN2. The summed E-state index contributed by atoms with van der Waals surface area (Å²) < 4.78 is 0. The van der Waals surface area contributed by atoms with Crippen LogP contribution in [0.3, 0.4) is 0 Å². The molecule has 1 aromatic heterocycles. The third-order valence-corrected chi connectivity index (χ3v) is 4.31. The lowest BCUT2D eigenvalue weighted by Gasteiger charge is -2.24. The van der Waals surface area contributed by atoms with Crippen LogP contribution in [0.2, 0.25) is 5.02 Å². The predicted octanol–water partition coefficient (Wildman–Crippen LogP) is 4.06. The molecule has 0 fully saturated rings. The van der Waals surface area contributed by atoms with Gasteiger partial charge < -0.3 is 10.3 Å². The molecule has 0 radical (unpaired) electrons. The molecule has 100 valence electrons. The fourth-order valence-electron chi connectivity index (χ4n) is 3.12. The van der Waals surface area contributed by atoms with Crippen LogP contribution in [0.25, 0.3) is 10.9 Å². The summed E-state index contributed by atoms with van der Waals surface area (Å²) in [6.45, 7) is 1.00. The van der Waals surface area contributed by atoms with Gasteiger partial charge in [-0.1, -0.05) is 41.9 Å². The number of hydrogen-bond acceptors (Lipinski definition) is 1. The minimum atomic E-state index is 0.225. The molecule has 4 rings (SSSR count). The number of H-pyrrole nitrogens is 1. The fraction of sp³-hybridized carbons (Fsp3) is 0.176. The van der Waals surface area contributed by atoms with Gasteiger partial charge in [0.05, 0.1) is 6.04 Å². The Morgan fingerprint density at radius 1 is 1.00 bits per heavy atom. The number of aromatic nitrogens is 1. The van der Waals surface area contributed by atoms with Crippen molar-refractivity contribution in [3.8, 4) is 0 Å². The predicted molar refractivity (Wildman–Crippen MR) is 83.3 cm³/mol. The first kappa shape index (κ1) is 12.0. The Kier molecular flexibility index (Phi) is 2.79. The van der Waals surface area contributed by atoms with Crippen molar-refractivity contribution in [2.45, 2.75) is 12.5 Å². The summed E-state index contributed by atoms with van der Waals surface area (Å²) >= 11 is 5.99. The normalized spacial score (nSPS) is 18.1. The van der Waals surface area contributed by atoms with Gasteiger partial charge in [-0.2, -0.15) is 0 Å². The second-order valence-electron chi connectivity index (χ2n) is 5.25. The standard InChI is InChI=1S/C17H15ClN2/c18-12-7-5-11(6-8-12)16-17-14(9-10-19-16)13-3-1-2-4-15(13)20-17/h1-8,16,19-20H,9-10H2/t16-/m1/s1. The van der Waals surface area contributed by atoms with Crippen LogP contribution in [0.4, 0.5) is 0 Å². The molecule has 1 aliphatic heterocycles. The van der Waals surface area contributed by atoms with Gasteiger partial charge >= 0.3 is 0 Å². The molecule has 2 nitrogen and oxygen atoms in total. The average molecular weight is 283 g/mol. The molecular weight excluding hydrogens is 268 g/mol. The molecule has 0 bridgehead atoms.